The first-order valence-corrected chi connectivity index (χ1v) is 7.54. The van der Waals surface area contributed by atoms with Gasteiger partial charge < -0.3 is 14.7 Å². The molecule has 0 radical (unpaired) electrons. The van der Waals surface area contributed by atoms with Gasteiger partial charge in [-0.2, -0.15) is 0 Å². The number of aliphatic hydroxyl groups is 1. The number of benzene rings is 1. The van der Waals surface area contributed by atoms with Gasteiger partial charge in [0.2, 0.25) is 0 Å². The van der Waals surface area contributed by atoms with Gasteiger partial charge in [-0.3, -0.25) is 0 Å². The Morgan fingerprint density at radius 2 is 1.95 bits per heavy atom. The van der Waals surface area contributed by atoms with Gasteiger partial charge in [0.05, 0.1) is 0 Å². The van der Waals surface area contributed by atoms with Crippen molar-refractivity contribution < 1.29 is 14.6 Å². The van der Waals surface area contributed by atoms with Crippen molar-refractivity contribution in [3.05, 3.63) is 42.0 Å². The molecule has 1 fully saturated rings. The maximum absolute atomic E-state index is 11.6. The highest BCUT2D eigenvalue weighted by Gasteiger charge is 2.15. The summed E-state index contributed by atoms with van der Waals surface area (Å²) in [5.74, 6) is -0.420. The van der Waals surface area contributed by atoms with Gasteiger partial charge in [-0.15, -0.1) is 0 Å². The van der Waals surface area contributed by atoms with Gasteiger partial charge in [0.25, 0.3) is 0 Å². The number of carbonyl (C=O) groups is 1. The largest absolute Gasteiger partial charge is 0.460 e. The third-order valence-electron chi connectivity index (χ3n) is 3.55. The Balaban J connectivity index is 1.67. The van der Waals surface area contributed by atoms with Crippen molar-refractivity contribution in [2.24, 2.45) is 0 Å². The number of nitrogens with zero attached hydrogens (tertiary/aromatic N) is 1. The van der Waals surface area contributed by atoms with Gasteiger partial charge in [0, 0.05) is 12.6 Å². The molecular formula is C17H23NO3. The molecule has 1 heterocycles. The van der Waals surface area contributed by atoms with E-state index in [-0.39, 0.29) is 6.61 Å². The minimum Gasteiger partial charge on any atom is -0.460 e. The highest BCUT2D eigenvalue weighted by atomic mass is 16.5. The predicted molar refractivity (Wildman–Crippen MR) is 82.7 cm³/mol. The van der Waals surface area contributed by atoms with Crippen LogP contribution in [0.25, 0.3) is 6.08 Å². The molecule has 0 aromatic heterocycles. The normalized spacial score (nSPS) is 17.8. The number of hydrogen-bond donors (Lipinski definition) is 1. The van der Waals surface area contributed by atoms with Crippen LogP contribution in [0.4, 0.5) is 0 Å². The van der Waals surface area contributed by atoms with Crippen LogP contribution in [0.5, 0.6) is 0 Å². The summed E-state index contributed by atoms with van der Waals surface area (Å²) in [7, 11) is 0. The van der Waals surface area contributed by atoms with E-state index >= 15 is 0 Å². The molecule has 4 nitrogen and oxygen atoms in total. The van der Waals surface area contributed by atoms with Crippen LogP contribution in [-0.4, -0.2) is 48.3 Å². The number of ether oxygens (including phenoxy) is 1. The first-order chi connectivity index (χ1) is 10.2. The first-order valence-electron chi connectivity index (χ1n) is 7.54. The van der Waals surface area contributed by atoms with Crippen molar-refractivity contribution in [2.75, 3.05) is 26.2 Å². The fraction of sp³-hybridized carbons (Fsp3) is 0.471. The van der Waals surface area contributed by atoms with E-state index in [0.717, 1.165) is 18.7 Å². The van der Waals surface area contributed by atoms with E-state index in [4.69, 9.17) is 4.74 Å². The Morgan fingerprint density at radius 1 is 1.24 bits per heavy atom. The van der Waals surface area contributed by atoms with Crippen molar-refractivity contribution in [1.29, 1.82) is 0 Å². The van der Waals surface area contributed by atoms with Crippen LogP contribution in [0.3, 0.4) is 0 Å². The molecule has 0 spiro atoms. The molecule has 1 aliphatic rings. The maximum Gasteiger partial charge on any atom is 0.330 e. The smallest absolute Gasteiger partial charge is 0.330 e. The fourth-order valence-corrected chi connectivity index (χ4v) is 2.45. The molecule has 1 saturated heterocycles. The minimum atomic E-state index is -0.614. The van der Waals surface area contributed by atoms with Crippen molar-refractivity contribution in [3.63, 3.8) is 0 Å². The van der Waals surface area contributed by atoms with Gasteiger partial charge in [-0.25, -0.2) is 4.79 Å². The molecule has 1 unspecified atom stereocenters. The summed E-state index contributed by atoms with van der Waals surface area (Å²) in [6, 6.07) is 9.57. The summed E-state index contributed by atoms with van der Waals surface area (Å²) in [6.07, 6.45) is 6.13. The average Bonchev–Trinajstić information content (AvgIpc) is 2.53. The predicted octanol–water partition coefficient (Wildman–Crippen LogP) is 2.09. The van der Waals surface area contributed by atoms with Gasteiger partial charge in [-0.1, -0.05) is 36.8 Å². The van der Waals surface area contributed by atoms with E-state index < -0.39 is 12.1 Å². The molecule has 1 aromatic rings. The third-order valence-corrected chi connectivity index (χ3v) is 3.55. The number of aliphatic hydroxyl groups excluding tert-OH is 1. The van der Waals surface area contributed by atoms with Crippen LogP contribution in [0.15, 0.2) is 36.4 Å². The molecule has 1 N–H and O–H groups in total. The van der Waals surface area contributed by atoms with E-state index in [2.05, 4.69) is 4.90 Å². The number of rotatable bonds is 6. The van der Waals surface area contributed by atoms with Crippen molar-refractivity contribution in [3.8, 4) is 0 Å². The Labute approximate surface area is 126 Å². The number of piperidine rings is 1. The van der Waals surface area contributed by atoms with Gasteiger partial charge in [0.15, 0.2) is 0 Å². The lowest BCUT2D eigenvalue weighted by molar-refractivity contribution is -0.141. The summed E-state index contributed by atoms with van der Waals surface area (Å²) in [4.78, 5) is 13.8. The van der Waals surface area contributed by atoms with Crippen LogP contribution < -0.4 is 0 Å². The zero-order valence-electron chi connectivity index (χ0n) is 12.3. The second kappa shape index (κ2) is 8.60. The third kappa shape index (κ3) is 6.10. The summed E-state index contributed by atoms with van der Waals surface area (Å²) in [6.45, 7) is 2.68. The van der Waals surface area contributed by atoms with Gasteiger partial charge in [-0.05, 0) is 37.6 Å². The summed E-state index contributed by atoms with van der Waals surface area (Å²) in [5, 5.41) is 9.89. The number of carbonyl (C=O) groups excluding carboxylic acids is 1. The molecule has 0 amide bonds. The Hall–Kier alpha value is -1.65. The molecule has 1 aromatic carbocycles. The lowest BCUT2D eigenvalue weighted by atomic mass is 10.1. The van der Waals surface area contributed by atoms with Gasteiger partial charge in [0.1, 0.15) is 12.7 Å². The quantitative estimate of drug-likeness (QED) is 0.643. The van der Waals surface area contributed by atoms with Crippen LogP contribution in [0, 0.1) is 0 Å². The second-order valence-electron chi connectivity index (χ2n) is 5.39. The SMILES string of the molecule is O=C(C=Cc1ccccc1)OCC(O)CN1CCCCC1. The summed E-state index contributed by atoms with van der Waals surface area (Å²) in [5.41, 5.74) is 0.948. The molecule has 2 rings (SSSR count). The number of esters is 1. The molecule has 0 aliphatic carbocycles. The highest BCUT2D eigenvalue weighted by molar-refractivity contribution is 5.87. The standard InChI is InChI=1S/C17H23NO3/c19-16(13-18-11-5-2-6-12-18)14-21-17(20)10-9-15-7-3-1-4-8-15/h1,3-4,7-10,16,19H,2,5-6,11-14H2. The molecular weight excluding hydrogens is 266 g/mol. The molecule has 4 heteroatoms. The molecule has 0 bridgehead atoms. The Bertz CT molecular complexity index is 452. The summed E-state index contributed by atoms with van der Waals surface area (Å²) < 4.78 is 5.06. The van der Waals surface area contributed by atoms with Crippen molar-refractivity contribution in [2.45, 2.75) is 25.4 Å². The van der Waals surface area contributed by atoms with Crippen LogP contribution >= 0.6 is 0 Å². The van der Waals surface area contributed by atoms with Crippen molar-refractivity contribution in [1.82, 2.24) is 4.90 Å². The van der Waals surface area contributed by atoms with Crippen LogP contribution in [0.2, 0.25) is 0 Å². The average molecular weight is 289 g/mol. The zero-order valence-corrected chi connectivity index (χ0v) is 12.3. The van der Waals surface area contributed by atoms with E-state index in [0.29, 0.717) is 6.54 Å². The van der Waals surface area contributed by atoms with Crippen LogP contribution in [-0.2, 0) is 9.53 Å². The molecule has 114 valence electrons. The number of β-amino-alcohol motifs (C(OH)–C–C–N with tert-alkyl or cyclic N) is 1. The lowest BCUT2D eigenvalue weighted by Crippen LogP contribution is -2.38. The summed E-state index contributed by atoms with van der Waals surface area (Å²) >= 11 is 0. The second-order valence-corrected chi connectivity index (χ2v) is 5.39. The Kier molecular flexibility index (Phi) is 6.44. The monoisotopic (exact) mass is 289 g/mol. The maximum atomic E-state index is 11.6. The van der Waals surface area contributed by atoms with E-state index in [9.17, 15) is 9.90 Å². The number of likely N-dealkylation sites (tertiary alicyclic amines) is 1. The van der Waals surface area contributed by atoms with E-state index in [1.807, 2.05) is 30.3 Å². The van der Waals surface area contributed by atoms with Crippen molar-refractivity contribution >= 4 is 12.0 Å². The minimum absolute atomic E-state index is 0.0501. The molecule has 1 aliphatic heterocycles. The zero-order chi connectivity index (χ0) is 14.9. The van der Waals surface area contributed by atoms with Crippen LogP contribution in [0.1, 0.15) is 24.8 Å². The number of hydrogen-bond acceptors (Lipinski definition) is 4. The lowest BCUT2D eigenvalue weighted by Gasteiger charge is -2.28. The highest BCUT2D eigenvalue weighted by Crippen LogP contribution is 2.09. The first kappa shape index (κ1) is 15.7. The Morgan fingerprint density at radius 3 is 2.67 bits per heavy atom. The van der Waals surface area contributed by atoms with Gasteiger partial charge >= 0.3 is 5.97 Å². The molecule has 0 saturated carbocycles. The van der Waals surface area contributed by atoms with E-state index in [1.165, 1.54) is 25.3 Å². The van der Waals surface area contributed by atoms with E-state index in [1.54, 1.807) is 6.08 Å². The topological polar surface area (TPSA) is 49.8 Å². The molecule has 21 heavy (non-hydrogen) atoms. The molecule has 1 atom stereocenters. The fourth-order valence-electron chi connectivity index (χ4n) is 2.45.